The Labute approximate surface area is 101 Å². The summed E-state index contributed by atoms with van der Waals surface area (Å²) in [4.78, 5) is 2.71. The molecule has 0 bridgehead atoms. The van der Waals surface area contributed by atoms with Crippen LogP contribution in [0.5, 0.6) is 0 Å². The molecule has 0 aromatic rings. The van der Waals surface area contributed by atoms with Gasteiger partial charge in [0.2, 0.25) is 0 Å². The first kappa shape index (κ1) is 12.4. The fourth-order valence-electron chi connectivity index (χ4n) is 3.07. The maximum atomic E-state index is 3.68. The molecule has 0 amide bonds. The Morgan fingerprint density at radius 2 is 2.06 bits per heavy atom. The van der Waals surface area contributed by atoms with E-state index >= 15 is 0 Å². The zero-order chi connectivity index (χ0) is 11.4. The molecule has 16 heavy (non-hydrogen) atoms. The molecule has 2 atom stereocenters. The number of likely N-dealkylation sites (N-methyl/N-ethyl adjacent to an activating group) is 1. The molecule has 2 heteroatoms. The number of nitrogens with zero attached hydrogens (tertiary/aromatic N) is 1. The predicted octanol–water partition coefficient (Wildman–Crippen LogP) is 2.50. The highest BCUT2D eigenvalue weighted by Gasteiger charge is 2.32. The first-order valence-electron chi connectivity index (χ1n) is 7.29. The third kappa shape index (κ3) is 3.46. The van der Waals surface area contributed by atoms with Crippen LogP contribution in [0.2, 0.25) is 0 Å². The molecule has 0 radical (unpaired) electrons. The van der Waals surface area contributed by atoms with E-state index in [1.807, 2.05) is 0 Å². The van der Waals surface area contributed by atoms with Gasteiger partial charge in [-0.2, -0.15) is 0 Å². The van der Waals surface area contributed by atoms with Gasteiger partial charge < -0.3 is 10.2 Å². The van der Waals surface area contributed by atoms with E-state index in [2.05, 4.69) is 24.1 Å². The highest BCUT2D eigenvalue weighted by molar-refractivity contribution is 4.89. The molecule has 2 fully saturated rings. The summed E-state index contributed by atoms with van der Waals surface area (Å²) in [5.41, 5.74) is 0. The van der Waals surface area contributed by atoms with Crippen LogP contribution in [0.25, 0.3) is 0 Å². The minimum atomic E-state index is 0.778. The van der Waals surface area contributed by atoms with Crippen LogP contribution in [0.4, 0.5) is 0 Å². The summed E-state index contributed by atoms with van der Waals surface area (Å²) >= 11 is 0. The van der Waals surface area contributed by atoms with Crippen molar-refractivity contribution in [2.24, 2.45) is 11.8 Å². The van der Waals surface area contributed by atoms with Gasteiger partial charge in [-0.05, 0) is 50.6 Å². The van der Waals surface area contributed by atoms with Crippen LogP contribution in [0.15, 0.2) is 0 Å². The van der Waals surface area contributed by atoms with Gasteiger partial charge in [-0.25, -0.2) is 0 Å². The lowest BCUT2D eigenvalue weighted by Gasteiger charge is -2.35. The fourth-order valence-corrected chi connectivity index (χ4v) is 3.07. The molecule has 2 unspecified atom stereocenters. The quantitative estimate of drug-likeness (QED) is 0.746. The van der Waals surface area contributed by atoms with Gasteiger partial charge in [0.1, 0.15) is 0 Å². The molecule has 1 saturated carbocycles. The predicted molar refractivity (Wildman–Crippen MR) is 69.6 cm³/mol. The van der Waals surface area contributed by atoms with Crippen LogP contribution < -0.4 is 5.32 Å². The molecular formula is C14H28N2. The minimum Gasteiger partial charge on any atom is -0.313 e. The van der Waals surface area contributed by atoms with E-state index in [1.54, 1.807) is 0 Å². The van der Waals surface area contributed by atoms with Gasteiger partial charge in [0.15, 0.2) is 0 Å². The van der Waals surface area contributed by atoms with Crippen molar-refractivity contribution in [1.82, 2.24) is 10.2 Å². The number of hydrogen-bond acceptors (Lipinski definition) is 2. The van der Waals surface area contributed by atoms with Crippen molar-refractivity contribution in [2.45, 2.75) is 52.0 Å². The van der Waals surface area contributed by atoms with Crippen LogP contribution in [-0.4, -0.2) is 37.1 Å². The molecule has 0 aromatic carbocycles. The minimum absolute atomic E-state index is 0.778. The van der Waals surface area contributed by atoms with Crippen molar-refractivity contribution in [3.63, 3.8) is 0 Å². The maximum Gasteiger partial charge on any atom is 0.0223 e. The summed E-state index contributed by atoms with van der Waals surface area (Å²) in [7, 11) is 0. The van der Waals surface area contributed by atoms with E-state index in [4.69, 9.17) is 0 Å². The van der Waals surface area contributed by atoms with E-state index in [1.165, 1.54) is 51.7 Å². The van der Waals surface area contributed by atoms with Gasteiger partial charge >= 0.3 is 0 Å². The maximum absolute atomic E-state index is 3.68. The number of rotatable bonds is 6. The third-order valence-corrected chi connectivity index (χ3v) is 4.29. The van der Waals surface area contributed by atoms with Gasteiger partial charge in [-0.1, -0.05) is 20.3 Å². The summed E-state index contributed by atoms with van der Waals surface area (Å²) in [6.45, 7) is 9.70. The van der Waals surface area contributed by atoms with Gasteiger partial charge in [-0.15, -0.1) is 0 Å². The molecule has 1 saturated heterocycles. The summed E-state index contributed by atoms with van der Waals surface area (Å²) in [6.07, 6.45) is 7.17. The average Bonchev–Trinajstić information content (AvgIpc) is 3.13. The Morgan fingerprint density at radius 3 is 2.69 bits per heavy atom. The molecule has 1 N–H and O–H groups in total. The number of piperidine rings is 1. The normalized spacial score (nSPS) is 29.2. The van der Waals surface area contributed by atoms with Crippen molar-refractivity contribution >= 4 is 0 Å². The summed E-state index contributed by atoms with van der Waals surface area (Å²) in [5.74, 6) is 1.96. The Bertz CT molecular complexity index is 201. The lowest BCUT2D eigenvalue weighted by Crippen LogP contribution is -2.46. The highest BCUT2D eigenvalue weighted by Crippen LogP contribution is 2.33. The molecule has 2 rings (SSSR count). The first-order chi connectivity index (χ1) is 7.83. The topological polar surface area (TPSA) is 15.3 Å². The van der Waals surface area contributed by atoms with Crippen LogP contribution in [0, 0.1) is 11.8 Å². The van der Waals surface area contributed by atoms with Gasteiger partial charge in [0.05, 0.1) is 0 Å². The lowest BCUT2D eigenvalue weighted by molar-refractivity contribution is 0.152. The van der Waals surface area contributed by atoms with Crippen molar-refractivity contribution < 1.29 is 0 Å². The monoisotopic (exact) mass is 224 g/mol. The smallest absolute Gasteiger partial charge is 0.0223 e. The zero-order valence-electron chi connectivity index (χ0n) is 11.0. The van der Waals surface area contributed by atoms with Gasteiger partial charge in [0, 0.05) is 19.1 Å². The summed E-state index contributed by atoms with van der Waals surface area (Å²) < 4.78 is 0. The Morgan fingerprint density at radius 1 is 1.25 bits per heavy atom. The molecule has 1 aliphatic heterocycles. The van der Waals surface area contributed by atoms with E-state index in [0.717, 1.165) is 24.4 Å². The standard InChI is InChI=1S/C14H28N2/c1-3-12-6-5-9-16(10-12)11-14(15-4-2)13-7-8-13/h12-15H,3-11H2,1-2H3. The number of nitrogens with one attached hydrogen (secondary N) is 1. The van der Waals surface area contributed by atoms with Gasteiger partial charge in [0.25, 0.3) is 0 Å². The second kappa shape index (κ2) is 6.02. The molecule has 1 aliphatic carbocycles. The third-order valence-electron chi connectivity index (χ3n) is 4.29. The molecule has 2 aliphatic rings. The molecular weight excluding hydrogens is 196 g/mol. The van der Waals surface area contributed by atoms with Crippen molar-refractivity contribution in [2.75, 3.05) is 26.2 Å². The van der Waals surface area contributed by atoms with E-state index < -0.39 is 0 Å². The van der Waals surface area contributed by atoms with E-state index in [0.29, 0.717) is 0 Å². The van der Waals surface area contributed by atoms with Crippen LogP contribution in [-0.2, 0) is 0 Å². The number of hydrogen-bond donors (Lipinski definition) is 1. The van der Waals surface area contributed by atoms with E-state index in [-0.39, 0.29) is 0 Å². The summed E-state index contributed by atoms with van der Waals surface area (Å²) in [6, 6.07) is 0.778. The fraction of sp³-hybridized carbons (Fsp3) is 1.00. The van der Waals surface area contributed by atoms with Gasteiger partial charge in [-0.3, -0.25) is 0 Å². The van der Waals surface area contributed by atoms with Crippen molar-refractivity contribution in [3.8, 4) is 0 Å². The Balaban J connectivity index is 1.77. The highest BCUT2D eigenvalue weighted by atomic mass is 15.2. The number of likely N-dealkylation sites (tertiary alicyclic amines) is 1. The second-order valence-corrected chi connectivity index (χ2v) is 5.68. The zero-order valence-corrected chi connectivity index (χ0v) is 11.0. The SMILES string of the molecule is CCNC(CN1CCCC(CC)C1)C1CC1. The average molecular weight is 224 g/mol. The van der Waals surface area contributed by atoms with Crippen molar-refractivity contribution in [1.29, 1.82) is 0 Å². The molecule has 2 nitrogen and oxygen atoms in total. The molecule has 1 heterocycles. The van der Waals surface area contributed by atoms with Crippen LogP contribution in [0.3, 0.4) is 0 Å². The van der Waals surface area contributed by atoms with Crippen molar-refractivity contribution in [3.05, 3.63) is 0 Å². The van der Waals surface area contributed by atoms with Crippen LogP contribution in [0.1, 0.15) is 46.0 Å². The first-order valence-corrected chi connectivity index (χ1v) is 7.29. The lowest BCUT2D eigenvalue weighted by atomic mass is 9.95. The molecule has 0 aromatic heterocycles. The molecule has 94 valence electrons. The van der Waals surface area contributed by atoms with E-state index in [9.17, 15) is 0 Å². The molecule has 0 spiro atoms. The Kier molecular flexibility index (Phi) is 4.66. The largest absolute Gasteiger partial charge is 0.313 e. The second-order valence-electron chi connectivity index (χ2n) is 5.68. The summed E-state index contributed by atoms with van der Waals surface area (Å²) in [5, 5.41) is 3.68. The Hall–Kier alpha value is -0.0800. The van der Waals surface area contributed by atoms with Crippen LogP contribution >= 0.6 is 0 Å².